The molecule has 0 bridgehead atoms. The zero-order valence-corrected chi connectivity index (χ0v) is 16.1. The van der Waals surface area contributed by atoms with Crippen LogP contribution in [0.3, 0.4) is 0 Å². The number of amides is 1. The molecule has 0 spiro atoms. The van der Waals surface area contributed by atoms with E-state index < -0.39 is 0 Å². The van der Waals surface area contributed by atoms with Gasteiger partial charge < -0.3 is 10.2 Å². The van der Waals surface area contributed by atoms with E-state index in [1.54, 1.807) is 6.20 Å². The number of nitrogens with one attached hydrogen (secondary N) is 1. The van der Waals surface area contributed by atoms with Crippen molar-refractivity contribution in [3.63, 3.8) is 0 Å². The molecule has 0 saturated carbocycles. The number of carbonyl (C=O) groups is 1. The summed E-state index contributed by atoms with van der Waals surface area (Å²) in [6.07, 6.45) is 4.65. The van der Waals surface area contributed by atoms with Crippen molar-refractivity contribution in [3.8, 4) is 0 Å². The molecule has 4 rings (SSSR count). The molecule has 4 heteroatoms. The summed E-state index contributed by atoms with van der Waals surface area (Å²) in [5.74, 6) is 0.819. The Morgan fingerprint density at radius 1 is 1.07 bits per heavy atom. The summed E-state index contributed by atoms with van der Waals surface area (Å²) in [5.41, 5.74) is 4.22. The van der Waals surface area contributed by atoms with Crippen LogP contribution in [0.2, 0.25) is 0 Å². The quantitative estimate of drug-likeness (QED) is 0.638. The second-order valence-corrected chi connectivity index (χ2v) is 7.31. The van der Waals surface area contributed by atoms with Crippen molar-refractivity contribution in [3.05, 3.63) is 89.6 Å². The Kier molecular flexibility index (Phi) is 5.38. The van der Waals surface area contributed by atoms with Crippen LogP contribution in [0.25, 0.3) is 0 Å². The number of hydrogen-bond donors (Lipinski definition) is 1. The van der Waals surface area contributed by atoms with Crippen molar-refractivity contribution in [2.45, 2.75) is 32.2 Å². The first kappa shape index (κ1) is 18.2. The summed E-state index contributed by atoms with van der Waals surface area (Å²) in [5, 5.41) is 3.34. The Bertz CT molecular complexity index is 938. The summed E-state index contributed by atoms with van der Waals surface area (Å²) in [7, 11) is 0. The first-order valence-corrected chi connectivity index (χ1v) is 9.87. The highest BCUT2D eigenvalue weighted by Crippen LogP contribution is 2.33. The molecule has 0 radical (unpaired) electrons. The van der Waals surface area contributed by atoms with Crippen molar-refractivity contribution in [1.29, 1.82) is 0 Å². The number of benzene rings is 2. The number of aryl methyl sites for hydroxylation is 1. The van der Waals surface area contributed by atoms with Crippen LogP contribution < -0.4 is 10.2 Å². The SMILES string of the molecule is CC1Cc2ccccc2N1C(=O)c1ccc(NCCCc2ccccc2)nc1. The summed E-state index contributed by atoms with van der Waals surface area (Å²) >= 11 is 0. The number of rotatable bonds is 6. The second-order valence-electron chi connectivity index (χ2n) is 7.31. The van der Waals surface area contributed by atoms with Crippen LogP contribution in [0.15, 0.2) is 72.9 Å². The highest BCUT2D eigenvalue weighted by molar-refractivity contribution is 6.07. The molecule has 0 aliphatic carbocycles. The van der Waals surface area contributed by atoms with E-state index in [-0.39, 0.29) is 11.9 Å². The van der Waals surface area contributed by atoms with Gasteiger partial charge >= 0.3 is 0 Å². The van der Waals surface area contributed by atoms with Crippen LogP contribution in [-0.4, -0.2) is 23.5 Å². The van der Waals surface area contributed by atoms with E-state index in [0.29, 0.717) is 5.56 Å². The van der Waals surface area contributed by atoms with Crippen molar-refractivity contribution in [1.82, 2.24) is 4.98 Å². The number of nitrogens with zero attached hydrogens (tertiary/aromatic N) is 2. The van der Waals surface area contributed by atoms with Gasteiger partial charge in [0.15, 0.2) is 0 Å². The molecule has 0 saturated heterocycles. The average molecular weight is 371 g/mol. The van der Waals surface area contributed by atoms with Gasteiger partial charge in [0.25, 0.3) is 5.91 Å². The van der Waals surface area contributed by atoms with Gasteiger partial charge in [0.1, 0.15) is 5.82 Å². The number of para-hydroxylation sites is 1. The zero-order chi connectivity index (χ0) is 19.3. The molecular weight excluding hydrogens is 346 g/mol. The van der Waals surface area contributed by atoms with Gasteiger partial charge in [-0.15, -0.1) is 0 Å². The number of anilines is 2. The molecule has 1 atom stereocenters. The number of hydrogen-bond acceptors (Lipinski definition) is 3. The lowest BCUT2D eigenvalue weighted by molar-refractivity contribution is 0.0981. The number of pyridine rings is 1. The van der Waals surface area contributed by atoms with Gasteiger partial charge in [0.05, 0.1) is 5.56 Å². The zero-order valence-electron chi connectivity index (χ0n) is 16.1. The van der Waals surface area contributed by atoms with Crippen molar-refractivity contribution in [2.24, 2.45) is 0 Å². The fourth-order valence-corrected chi connectivity index (χ4v) is 3.79. The van der Waals surface area contributed by atoms with Crippen molar-refractivity contribution < 1.29 is 4.79 Å². The Morgan fingerprint density at radius 3 is 2.64 bits per heavy atom. The molecule has 1 N–H and O–H groups in total. The third kappa shape index (κ3) is 3.91. The first-order valence-electron chi connectivity index (χ1n) is 9.87. The molecule has 4 nitrogen and oxygen atoms in total. The third-order valence-corrected chi connectivity index (χ3v) is 5.23. The fraction of sp³-hybridized carbons (Fsp3) is 0.250. The first-order chi connectivity index (χ1) is 13.7. The normalized spacial score (nSPS) is 15.3. The van der Waals surface area contributed by atoms with Crippen LogP contribution in [0, 0.1) is 0 Å². The van der Waals surface area contributed by atoms with Crippen LogP contribution in [0.1, 0.15) is 34.8 Å². The standard InChI is InChI=1S/C24H25N3O/c1-18-16-20-11-5-6-12-22(20)27(18)24(28)21-13-14-23(26-17-21)25-15-7-10-19-8-3-2-4-9-19/h2-6,8-9,11-14,17-18H,7,10,15-16H2,1H3,(H,25,26). The lowest BCUT2D eigenvalue weighted by Gasteiger charge is -2.22. The monoisotopic (exact) mass is 371 g/mol. The van der Waals surface area contributed by atoms with Crippen LogP contribution in [-0.2, 0) is 12.8 Å². The van der Waals surface area contributed by atoms with E-state index in [4.69, 9.17) is 0 Å². The van der Waals surface area contributed by atoms with E-state index in [0.717, 1.165) is 37.3 Å². The van der Waals surface area contributed by atoms with E-state index in [1.807, 2.05) is 41.3 Å². The lowest BCUT2D eigenvalue weighted by Crippen LogP contribution is -2.35. The maximum Gasteiger partial charge on any atom is 0.260 e. The van der Waals surface area contributed by atoms with Gasteiger partial charge in [-0.1, -0.05) is 48.5 Å². The molecule has 1 aliphatic rings. The van der Waals surface area contributed by atoms with Crippen LogP contribution in [0.5, 0.6) is 0 Å². The number of aromatic nitrogens is 1. The van der Waals surface area contributed by atoms with E-state index in [9.17, 15) is 4.79 Å². The summed E-state index contributed by atoms with van der Waals surface area (Å²) in [6, 6.07) is 22.5. The predicted octanol–water partition coefficient (Wildman–Crippen LogP) is 4.72. The maximum atomic E-state index is 13.0. The number of fused-ring (bicyclic) bond motifs is 1. The highest BCUT2D eigenvalue weighted by Gasteiger charge is 2.31. The molecule has 1 aromatic heterocycles. The minimum atomic E-state index is 0.0144. The summed E-state index contributed by atoms with van der Waals surface area (Å²) in [4.78, 5) is 19.3. The largest absolute Gasteiger partial charge is 0.370 e. The summed E-state index contributed by atoms with van der Waals surface area (Å²) in [6.45, 7) is 2.94. The van der Waals surface area contributed by atoms with Crippen LogP contribution >= 0.6 is 0 Å². The maximum absolute atomic E-state index is 13.0. The van der Waals surface area contributed by atoms with E-state index in [1.165, 1.54) is 11.1 Å². The minimum Gasteiger partial charge on any atom is -0.370 e. The molecule has 1 unspecified atom stereocenters. The summed E-state index contributed by atoms with van der Waals surface area (Å²) < 4.78 is 0. The predicted molar refractivity (Wildman–Crippen MR) is 114 cm³/mol. The Morgan fingerprint density at radius 2 is 1.86 bits per heavy atom. The van der Waals surface area contributed by atoms with Gasteiger partial charge in [-0.25, -0.2) is 4.98 Å². The smallest absolute Gasteiger partial charge is 0.260 e. The topological polar surface area (TPSA) is 45.2 Å². The molecule has 0 fully saturated rings. The number of carbonyl (C=O) groups excluding carboxylic acids is 1. The molecular formula is C24H25N3O. The average Bonchev–Trinajstić information content (AvgIpc) is 3.07. The lowest BCUT2D eigenvalue weighted by atomic mass is 10.1. The fourth-order valence-electron chi connectivity index (χ4n) is 3.79. The van der Waals surface area contributed by atoms with Crippen LogP contribution in [0.4, 0.5) is 11.5 Å². The molecule has 2 aromatic carbocycles. The molecule has 1 amide bonds. The molecule has 28 heavy (non-hydrogen) atoms. The van der Waals surface area contributed by atoms with Gasteiger partial charge in [-0.05, 0) is 55.5 Å². The Balaban J connectivity index is 1.35. The van der Waals surface area contributed by atoms with Crippen molar-refractivity contribution >= 4 is 17.4 Å². The molecule has 142 valence electrons. The third-order valence-electron chi connectivity index (χ3n) is 5.23. The molecule has 2 heterocycles. The van der Waals surface area contributed by atoms with Gasteiger partial charge in [0, 0.05) is 24.5 Å². The molecule has 3 aromatic rings. The molecule has 1 aliphatic heterocycles. The van der Waals surface area contributed by atoms with Gasteiger partial charge in [-0.2, -0.15) is 0 Å². The highest BCUT2D eigenvalue weighted by atomic mass is 16.2. The van der Waals surface area contributed by atoms with E-state index >= 15 is 0 Å². The minimum absolute atomic E-state index is 0.0144. The Hall–Kier alpha value is -3.14. The van der Waals surface area contributed by atoms with Gasteiger partial charge in [0.2, 0.25) is 0 Å². The Labute approximate surface area is 166 Å². The van der Waals surface area contributed by atoms with E-state index in [2.05, 4.69) is 47.6 Å². The van der Waals surface area contributed by atoms with Crippen molar-refractivity contribution in [2.75, 3.05) is 16.8 Å². The van der Waals surface area contributed by atoms with Gasteiger partial charge in [-0.3, -0.25) is 4.79 Å². The second kappa shape index (κ2) is 8.26.